The van der Waals surface area contributed by atoms with Crippen molar-refractivity contribution in [1.82, 2.24) is 4.98 Å². The number of carbonyl (C=O) groups excluding carboxylic acids is 1. The summed E-state index contributed by atoms with van der Waals surface area (Å²) in [6.45, 7) is 0. The standard InChI is InChI=1S/C5H4ClNO.C2H6O/c6-4-1-2-7-5(4)3-8;1-3-2/h1-3,7H;1-2H3. The molecule has 0 saturated carbocycles. The zero-order valence-corrected chi connectivity index (χ0v) is 7.18. The predicted octanol–water partition coefficient (Wildman–Crippen LogP) is 1.74. The van der Waals surface area contributed by atoms with Crippen molar-refractivity contribution in [2.75, 3.05) is 14.2 Å². The number of halogens is 1. The van der Waals surface area contributed by atoms with Crippen LogP contribution in [0.3, 0.4) is 0 Å². The lowest BCUT2D eigenvalue weighted by molar-refractivity contribution is 0.111. The van der Waals surface area contributed by atoms with E-state index in [9.17, 15) is 4.79 Å². The number of hydrogen-bond donors (Lipinski definition) is 1. The van der Waals surface area contributed by atoms with E-state index < -0.39 is 0 Å². The van der Waals surface area contributed by atoms with Crippen molar-refractivity contribution in [1.29, 1.82) is 0 Å². The van der Waals surface area contributed by atoms with Gasteiger partial charge in [-0.15, -0.1) is 0 Å². The number of aromatic amines is 1. The maximum Gasteiger partial charge on any atom is 0.167 e. The van der Waals surface area contributed by atoms with Crippen molar-refractivity contribution in [3.8, 4) is 0 Å². The number of H-pyrrole nitrogens is 1. The van der Waals surface area contributed by atoms with Crippen LogP contribution < -0.4 is 0 Å². The Morgan fingerprint density at radius 1 is 1.64 bits per heavy atom. The largest absolute Gasteiger partial charge is 0.388 e. The van der Waals surface area contributed by atoms with E-state index in [1.165, 1.54) is 0 Å². The molecule has 1 aromatic rings. The molecule has 11 heavy (non-hydrogen) atoms. The maximum absolute atomic E-state index is 9.97. The van der Waals surface area contributed by atoms with Gasteiger partial charge in [-0.3, -0.25) is 4.79 Å². The monoisotopic (exact) mass is 175 g/mol. The van der Waals surface area contributed by atoms with Gasteiger partial charge in [0.1, 0.15) is 0 Å². The van der Waals surface area contributed by atoms with Gasteiger partial charge in [-0.25, -0.2) is 0 Å². The quantitative estimate of drug-likeness (QED) is 0.661. The fourth-order valence-electron chi connectivity index (χ4n) is 0.454. The summed E-state index contributed by atoms with van der Waals surface area (Å²) < 4.78 is 4.25. The van der Waals surface area contributed by atoms with E-state index in [0.29, 0.717) is 17.0 Å². The highest BCUT2D eigenvalue weighted by atomic mass is 35.5. The third-order valence-corrected chi connectivity index (χ3v) is 1.17. The lowest BCUT2D eigenvalue weighted by Crippen LogP contribution is -1.75. The molecule has 0 amide bonds. The molecule has 1 N–H and O–H groups in total. The zero-order chi connectivity index (χ0) is 8.69. The second kappa shape index (κ2) is 5.95. The average Bonchev–Trinajstić information content (AvgIpc) is 2.36. The summed E-state index contributed by atoms with van der Waals surface area (Å²) in [4.78, 5) is 12.6. The number of nitrogens with one attached hydrogen (secondary N) is 1. The van der Waals surface area contributed by atoms with Crippen LogP contribution in [0.1, 0.15) is 10.5 Å². The second-order valence-electron chi connectivity index (χ2n) is 1.77. The van der Waals surface area contributed by atoms with Gasteiger partial charge < -0.3 is 9.72 Å². The summed E-state index contributed by atoms with van der Waals surface area (Å²) in [6.07, 6.45) is 2.30. The number of aldehydes is 1. The number of ether oxygens (including phenoxy) is 1. The summed E-state index contributed by atoms with van der Waals surface area (Å²) in [7, 11) is 3.25. The van der Waals surface area contributed by atoms with Gasteiger partial charge in [0.05, 0.1) is 10.7 Å². The highest BCUT2D eigenvalue weighted by molar-refractivity contribution is 6.32. The number of hydrogen-bond acceptors (Lipinski definition) is 2. The normalized spacial score (nSPS) is 8.27. The highest BCUT2D eigenvalue weighted by Crippen LogP contribution is 2.09. The highest BCUT2D eigenvalue weighted by Gasteiger charge is 1.94. The van der Waals surface area contributed by atoms with Crippen LogP contribution in [0.15, 0.2) is 12.3 Å². The van der Waals surface area contributed by atoms with Crippen molar-refractivity contribution in [3.63, 3.8) is 0 Å². The molecular weight excluding hydrogens is 166 g/mol. The van der Waals surface area contributed by atoms with Crippen molar-refractivity contribution < 1.29 is 9.53 Å². The molecule has 0 spiro atoms. The SMILES string of the molecule is COC.O=Cc1[nH]ccc1Cl. The molecule has 0 atom stereocenters. The maximum atomic E-state index is 9.97. The Kier molecular flexibility index (Phi) is 5.51. The van der Waals surface area contributed by atoms with Gasteiger partial charge in [0, 0.05) is 20.4 Å². The molecule has 0 aliphatic rings. The van der Waals surface area contributed by atoms with E-state index >= 15 is 0 Å². The van der Waals surface area contributed by atoms with Crippen LogP contribution in [0.4, 0.5) is 0 Å². The summed E-state index contributed by atoms with van der Waals surface area (Å²) in [6, 6.07) is 1.63. The topological polar surface area (TPSA) is 42.1 Å². The van der Waals surface area contributed by atoms with Crippen LogP contribution in [0.25, 0.3) is 0 Å². The number of aromatic nitrogens is 1. The summed E-state index contributed by atoms with van der Waals surface area (Å²) in [5, 5.41) is 0.472. The van der Waals surface area contributed by atoms with Crippen molar-refractivity contribution in [2.45, 2.75) is 0 Å². The van der Waals surface area contributed by atoms with E-state index in [0.717, 1.165) is 0 Å². The molecule has 0 unspecified atom stereocenters. The number of methoxy groups -OCH3 is 1. The van der Waals surface area contributed by atoms with E-state index in [1.807, 2.05) is 0 Å². The second-order valence-corrected chi connectivity index (χ2v) is 2.17. The van der Waals surface area contributed by atoms with Crippen molar-refractivity contribution >= 4 is 17.9 Å². The van der Waals surface area contributed by atoms with Gasteiger partial charge in [-0.05, 0) is 6.07 Å². The lowest BCUT2D eigenvalue weighted by atomic mass is 10.5. The molecule has 1 rings (SSSR count). The van der Waals surface area contributed by atoms with Crippen LogP contribution in [-0.4, -0.2) is 25.5 Å². The molecule has 0 fully saturated rings. The molecule has 0 saturated heterocycles. The Hall–Kier alpha value is -0.800. The number of carbonyl (C=O) groups is 1. The van der Waals surface area contributed by atoms with Gasteiger partial charge in [0.2, 0.25) is 0 Å². The van der Waals surface area contributed by atoms with Crippen LogP contribution in [0, 0.1) is 0 Å². The Bertz CT molecular complexity index is 210. The first kappa shape index (κ1) is 10.2. The average molecular weight is 176 g/mol. The van der Waals surface area contributed by atoms with Gasteiger partial charge >= 0.3 is 0 Å². The number of rotatable bonds is 1. The fourth-order valence-corrected chi connectivity index (χ4v) is 0.616. The van der Waals surface area contributed by atoms with Gasteiger partial charge in [-0.1, -0.05) is 11.6 Å². The molecule has 3 nitrogen and oxygen atoms in total. The molecule has 62 valence electrons. The smallest absolute Gasteiger partial charge is 0.167 e. The lowest BCUT2D eigenvalue weighted by Gasteiger charge is -1.77. The summed E-state index contributed by atoms with van der Waals surface area (Å²) in [5.41, 5.74) is 0.437. The van der Waals surface area contributed by atoms with Gasteiger partial charge in [0.25, 0.3) is 0 Å². The first-order valence-electron chi connectivity index (χ1n) is 2.94. The van der Waals surface area contributed by atoms with Crippen molar-refractivity contribution in [2.24, 2.45) is 0 Å². The Balaban J connectivity index is 0.000000292. The van der Waals surface area contributed by atoms with Crippen LogP contribution >= 0.6 is 11.6 Å². The Labute approximate surface area is 70.3 Å². The molecule has 0 aromatic carbocycles. The third-order valence-electron chi connectivity index (χ3n) is 0.844. The minimum Gasteiger partial charge on any atom is -0.388 e. The first-order valence-corrected chi connectivity index (χ1v) is 3.32. The van der Waals surface area contributed by atoms with Crippen LogP contribution in [0.5, 0.6) is 0 Å². The molecule has 1 aromatic heterocycles. The summed E-state index contributed by atoms with van der Waals surface area (Å²) >= 11 is 5.48. The molecule has 1 heterocycles. The van der Waals surface area contributed by atoms with Crippen LogP contribution in [0.2, 0.25) is 5.02 Å². The van der Waals surface area contributed by atoms with E-state index in [4.69, 9.17) is 11.6 Å². The van der Waals surface area contributed by atoms with Gasteiger partial charge in [0.15, 0.2) is 6.29 Å². The van der Waals surface area contributed by atoms with E-state index in [-0.39, 0.29) is 0 Å². The molecule has 0 aliphatic carbocycles. The fraction of sp³-hybridized carbons (Fsp3) is 0.286. The van der Waals surface area contributed by atoms with E-state index in [1.54, 1.807) is 26.5 Å². The third kappa shape index (κ3) is 3.80. The Morgan fingerprint density at radius 2 is 2.18 bits per heavy atom. The molecule has 0 aliphatic heterocycles. The molecule has 0 radical (unpaired) electrons. The zero-order valence-electron chi connectivity index (χ0n) is 6.43. The van der Waals surface area contributed by atoms with Gasteiger partial charge in [-0.2, -0.15) is 0 Å². The first-order chi connectivity index (χ1) is 5.26. The molecule has 4 heteroatoms. The predicted molar refractivity (Wildman–Crippen MR) is 44.1 cm³/mol. The van der Waals surface area contributed by atoms with E-state index in [2.05, 4.69) is 9.72 Å². The van der Waals surface area contributed by atoms with Crippen molar-refractivity contribution in [3.05, 3.63) is 23.0 Å². The molecule has 0 bridgehead atoms. The minimum atomic E-state index is 0.437. The Morgan fingerprint density at radius 3 is 2.36 bits per heavy atom. The summed E-state index contributed by atoms with van der Waals surface area (Å²) in [5.74, 6) is 0. The minimum absolute atomic E-state index is 0.437. The van der Waals surface area contributed by atoms with Crippen LogP contribution in [-0.2, 0) is 4.74 Å². The molecular formula is C7H10ClNO2.